The highest BCUT2D eigenvalue weighted by molar-refractivity contribution is 7.89. The van der Waals surface area contributed by atoms with E-state index in [9.17, 15) is 13.2 Å². The second kappa shape index (κ2) is 5.73. The largest absolute Gasteiger partial charge is 0.298 e. The van der Waals surface area contributed by atoms with Gasteiger partial charge in [0.2, 0.25) is 10.0 Å². The van der Waals surface area contributed by atoms with Crippen LogP contribution in [-0.4, -0.2) is 45.4 Å². The Bertz CT molecular complexity index is 507. The summed E-state index contributed by atoms with van der Waals surface area (Å²) < 4.78 is 26.3. The van der Waals surface area contributed by atoms with Crippen LogP contribution in [0.5, 0.6) is 0 Å². The van der Waals surface area contributed by atoms with Gasteiger partial charge in [-0.25, -0.2) is 8.42 Å². The maximum atomic E-state index is 12.4. The first kappa shape index (κ1) is 15.9. The Morgan fingerprint density at radius 2 is 1.90 bits per heavy atom. The molecule has 1 heterocycles. The minimum atomic E-state index is -3.28. The van der Waals surface area contributed by atoms with Gasteiger partial charge in [0.15, 0.2) is 5.78 Å². The quantitative estimate of drug-likeness (QED) is 0.590. The van der Waals surface area contributed by atoms with Gasteiger partial charge in [-0.15, -0.1) is 0 Å². The van der Waals surface area contributed by atoms with Gasteiger partial charge in [-0.3, -0.25) is 4.79 Å². The highest BCUT2D eigenvalue weighted by Gasteiger charge is 2.39. The van der Waals surface area contributed by atoms with Gasteiger partial charge < -0.3 is 0 Å². The van der Waals surface area contributed by atoms with Gasteiger partial charge in [0.05, 0.1) is 12.3 Å². The topological polar surface area (TPSA) is 54.5 Å². The highest BCUT2D eigenvalue weighted by Crippen LogP contribution is 2.32. The van der Waals surface area contributed by atoms with Crippen molar-refractivity contribution in [2.24, 2.45) is 11.8 Å². The fraction of sp³-hybridized carbons (Fsp3) is 0.786. The van der Waals surface area contributed by atoms with E-state index < -0.39 is 18.1 Å². The molecule has 0 unspecified atom stereocenters. The highest BCUT2D eigenvalue weighted by atomic mass is 32.2. The van der Waals surface area contributed by atoms with E-state index >= 15 is 0 Å². The minimum Gasteiger partial charge on any atom is -0.298 e. The molecule has 2 rings (SSSR count). The number of Topliss-reactive ketones (excluding diaryl/α,β-unsaturated/α-hetero) is 1. The summed E-state index contributed by atoms with van der Waals surface area (Å²) >= 11 is 0. The molecule has 0 spiro atoms. The van der Waals surface area contributed by atoms with Crippen molar-refractivity contribution in [1.82, 2.24) is 4.31 Å². The lowest BCUT2D eigenvalue weighted by molar-refractivity contribution is -0.127. The lowest BCUT2D eigenvalue weighted by Crippen LogP contribution is -2.50. The number of carbonyl (C=O) groups excluding carboxylic acids is 1. The van der Waals surface area contributed by atoms with Gasteiger partial charge in [0, 0.05) is 20.5 Å². The Labute approximate surface area is 123 Å². The van der Waals surface area contributed by atoms with Gasteiger partial charge in [-0.1, -0.05) is 31.8 Å². The first-order valence-electron chi connectivity index (χ1n) is 7.34. The molecule has 2 aliphatic rings. The summed E-state index contributed by atoms with van der Waals surface area (Å²) in [4.78, 5) is 12.2. The molecule has 6 heteroatoms. The van der Waals surface area contributed by atoms with Gasteiger partial charge in [0.25, 0.3) is 0 Å². The smallest absolute Gasteiger partial charge is 0.214 e. The van der Waals surface area contributed by atoms with E-state index in [1.54, 1.807) is 0 Å². The van der Waals surface area contributed by atoms with Crippen LogP contribution in [0.3, 0.4) is 0 Å². The van der Waals surface area contributed by atoms with E-state index in [1.807, 2.05) is 0 Å². The van der Waals surface area contributed by atoms with Crippen molar-refractivity contribution in [3.8, 4) is 0 Å². The standard InChI is InChI=1S/C14H25NO3SSi/c1-20(2,3)9-8-19(17,18)15-10-12-6-4-5-7-13(12)14(16)11-15/h4-5,12-13H,6-11H2,1-3H3/t12-,13-/m1/s1. The van der Waals surface area contributed by atoms with E-state index in [0.29, 0.717) is 6.54 Å². The van der Waals surface area contributed by atoms with Crippen LogP contribution in [0.1, 0.15) is 12.8 Å². The Hall–Kier alpha value is -0.463. The molecule has 2 atom stereocenters. The van der Waals surface area contributed by atoms with Crippen molar-refractivity contribution in [2.45, 2.75) is 38.5 Å². The number of ketones is 1. The number of nitrogens with zero attached hydrogens (tertiary/aromatic N) is 1. The van der Waals surface area contributed by atoms with E-state index in [1.165, 1.54) is 4.31 Å². The molecule has 0 aromatic carbocycles. The molecular weight excluding hydrogens is 290 g/mol. The van der Waals surface area contributed by atoms with Crippen LogP contribution >= 0.6 is 0 Å². The third-order valence-electron chi connectivity index (χ3n) is 4.25. The average Bonchev–Trinajstić information content (AvgIpc) is 2.36. The third kappa shape index (κ3) is 3.80. The molecule has 0 saturated carbocycles. The second-order valence-electron chi connectivity index (χ2n) is 7.19. The molecule has 0 bridgehead atoms. The maximum absolute atomic E-state index is 12.4. The molecule has 1 aliphatic carbocycles. The molecule has 1 fully saturated rings. The monoisotopic (exact) mass is 315 g/mol. The van der Waals surface area contributed by atoms with Crippen LogP contribution in [0.2, 0.25) is 25.7 Å². The second-order valence-corrected chi connectivity index (χ2v) is 14.9. The van der Waals surface area contributed by atoms with E-state index in [-0.39, 0.29) is 29.9 Å². The Kier molecular flexibility index (Phi) is 4.56. The van der Waals surface area contributed by atoms with Crippen LogP contribution in [0.4, 0.5) is 0 Å². The summed E-state index contributed by atoms with van der Waals surface area (Å²) in [6.07, 6.45) is 5.74. The molecule has 0 radical (unpaired) electrons. The maximum Gasteiger partial charge on any atom is 0.214 e. The summed E-state index contributed by atoms with van der Waals surface area (Å²) in [5.74, 6) is 0.525. The van der Waals surface area contributed by atoms with Crippen molar-refractivity contribution in [1.29, 1.82) is 0 Å². The van der Waals surface area contributed by atoms with Gasteiger partial charge >= 0.3 is 0 Å². The van der Waals surface area contributed by atoms with E-state index in [2.05, 4.69) is 31.8 Å². The molecule has 0 aromatic heterocycles. The first-order chi connectivity index (χ1) is 9.19. The zero-order valence-electron chi connectivity index (χ0n) is 12.6. The summed E-state index contributed by atoms with van der Waals surface area (Å²) in [5, 5.41) is 0. The first-order valence-corrected chi connectivity index (χ1v) is 12.7. The number of hydrogen-bond donors (Lipinski definition) is 0. The number of sulfonamides is 1. The normalized spacial score (nSPS) is 28.4. The van der Waals surface area contributed by atoms with Crippen LogP contribution < -0.4 is 0 Å². The van der Waals surface area contributed by atoms with Gasteiger partial charge in [-0.05, 0) is 24.8 Å². The lowest BCUT2D eigenvalue weighted by atomic mass is 9.78. The predicted molar refractivity (Wildman–Crippen MR) is 83.9 cm³/mol. The molecule has 0 aromatic rings. The van der Waals surface area contributed by atoms with Crippen LogP contribution in [0, 0.1) is 11.8 Å². The molecule has 114 valence electrons. The molecular formula is C14H25NO3SSi. The number of carbonyl (C=O) groups is 1. The molecule has 1 saturated heterocycles. The van der Waals surface area contributed by atoms with Gasteiger partial charge in [-0.2, -0.15) is 4.31 Å². The third-order valence-corrected chi connectivity index (χ3v) is 8.15. The molecule has 0 N–H and O–H groups in total. The van der Waals surface area contributed by atoms with Crippen LogP contribution in [0.15, 0.2) is 12.2 Å². The van der Waals surface area contributed by atoms with Crippen molar-refractivity contribution in [2.75, 3.05) is 18.8 Å². The fourth-order valence-electron chi connectivity index (χ4n) is 2.86. The predicted octanol–water partition coefficient (Wildman–Crippen LogP) is 2.12. The zero-order chi connectivity index (χ0) is 15.0. The summed E-state index contributed by atoms with van der Waals surface area (Å²) in [7, 11) is -4.66. The van der Waals surface area contributed by atoms with E-state index in [4.69, 9.17) is 0 Å². The van der Waals surface area contributed by atoms with E-state index in [0.717, 1.165) is 18.9 Å². The zero-order valence-corrected chi connectivity index (χ0v) is 14.4. The molecule has 20 heavy (non-hydrogen) atoms. The van der Waals surface area contributed by atoms with Crippen LogP contribution in [-0.2, 0) is 14.8 Å². The van der Waals surface area contributed by atoms with Crippen molar-refractivity contribution < 1.29 is 13.2 Å². The SMILES string of the molecule is C[Si](C)(C)CCS(=O)(=O)N1CC(=O)[C@@H]2CC=CC[C@@H]2C1. The molecule has 4 nitrogen and oxygen atoms in total. The number of piperidine rings is 1. The Morgan fingerprint density at radius 1 is 1.25 bits per heavy atom. The number of allylic oxidation sites excluding steroid dienone is 2. The minimum absolute atomic E-state index is 0.0449. The number of fused-ring (bicyclic) bond motifs is 1. The van der Waals surface area contributed by atoms with Gasteiger partial charge in [0.1, 0.15) is 0 Å². The Morgan fingerprint density at radius 3 is 2.55 bits per heavy atom. The fourth-order valence-corrected chi connectivity index (χ4v) is 7.34. The number of rotatable bonds is 4. The summed E-state index contributed by atoms with van der Waals surface area (Å²) in [6, 6.07) is 0.758. The van der Waals surface area contributed by atoms with Crippen molar-refractivity contribution >= 4 is 23.9 Å². The molecule has 1 aliphatic heterocycles. The molecule has 0 amide bonds. The average molecular weight is 316 g/mol. The summed E-state index contributed by atoms with van der Waals surface area (Å²) in [6.45, 7) is 7.13. The number of hydrogen-bond acceptors (Lipinski definition) is 3. The van der Waals surface area contributed by atoms with Crippen LogP contribution in [0.25, 0.3) is 0 Å². The summed E-state index contributed by atoms with van der Waals surface area (Å²) in [5.41, 5.74) is 0. The van der Waals surface area contributed by atoms with Crippen molar-refractivity contribution in [3.05, 3.63) is 12.2 Å². The van der Waals surface area contributed by atoms with Crippen molar-refractivity contribution in [3.63, 3.8) is 0 Å². The Balaban J connectivity index is 2.06. The lowest BCUT2D eigenvalue weighted by Gasteiger charge is -2.37.